The molecular weight excluding hydrogens is 318 g/mol. The Kier molecular flexibility index (Phi) is 19.5. The zero-order valence-electron chi connectivity index (χ0n) is 16.5. The van der Waals surface area contributed by atoms with Gasteiger partial charge in [-0.15, -0.1) is 0 Å². The van der Waals surface area contributed by atoms with E-state index < -0.39 is 0 Å². The molecule has 0 saturated heterocycles. The smallest absolute Gasteiger partial charge is 0.136 e. The molecule has 144 valence electrons. The van der Waals surface area contributed by atoms with Crippen LogP contribution in [-0.2, 0) is 4.79 Å². The fourth-order valence-corrected chi connectivity index (χ4v) is 2.14. The highest BCUT2D eigenvalue weighted by Crippen LogP contribution is 1.98. The lowest BCUT2D eigenvalue weighted by Crippen LogP contribution is -2.03. The van der Waals surface area contributed by atoms with E-state index in [1.807, 2.05) is 6.08 Å². The first-order valence-corrected chi connectivity index (χ1v) is 9.93. The molecule has 0 aliphatic heterocycles. The van der Waals surface area contributed by atoms with Crippen molar-refractivity contribution in [1.82, 2.24) is 0 Å². The molecule has 2 nitrogen and oxygen atoms in total. The van der Waals surface area contributed by atoms with Gasteiger partial charge in [0, 0.05) is 12.8 Å². The second-order valence-electron chi connectivity index (χ2n) is 6.05. The molecule has 0 spiro atoms. The van der Waals surface area contributed by atoms with Crippen molar-refractivity contribution in [1.29, 1.82) is 0 Å². The Bertz CT molecular complexity index is 492. The van der Waals surface area contributed by atoms with Crippen molar-refractivity contribution in [3.8, 4) is 0 Å². The van der Waals surface area contributed by atoms with Crippen LogP contribution in [0.4, 0.5) is 0 Å². The highest BCUT2D eigenvalue weighted by Gasteiger charge is 1.96. The molecule has 0 aliphatic carbocycles. The average molecular weight is 356 g/mol. The molecule has 0 atom stereocenters. The Labute approximate surface area is 160 Å². The van der Waals surface area contributed by atoms with Crippen LogP contribution in [0, 0.1) is 0 Å². The van der Waals surface area contributed by atoms with Gasteiger partial charge in [-0.2, -0.15) is 0 Å². The van der Waals surface area contributed by atoms with Crippen LogP contribution >= 0.6 is 0 Å². The third-order valence-corrected chi connectivity index (χ3v) is 3.60. The maximum Gasteiger partial charge on any atom is 0.136 e. The van der Waals surface area contributed by atoms with Crippen LogP contribution in [0.15, 0.2) is 72.9 Å². The Hall–Kier alpha value is -1.93. The number of hydrogen-bond donors (Lipinski definition) is 1. The van der Waals surface area contributed by atoms with Crippen LogP contribution in [-0.4, -0.2) is 12.3 Å². The molecule has 0 bridgehead atoms. The van der Waals surface area contributed by atoms with Crippen molar-refractivity contribution in [2.75, 3.05) is 6.54 Å². The number of rotatable bonds is 16. The second-order valence-corrected chi connectivity index (χ2v) is 6.05. The normalized spacial score (nSPS) is 13.0. The molecule has 0 saturated carbocycles. The predicted molar refractivity (Wildman–Crippen MR) is 116 cm³/mol. The minimum atomic E-state index is 0.274. The minimum Gasteiger partial charge on any atom is -0.330 e. The summed E-state index contributed by atoms with van der Waals surface area (Å²) in [7, 11) is 0. The standard InChI is InChI=1S/C24H37NO/c1-2-3-4-5-6-7-8-9-10-11-12-13-14-15-16-17-18-19-21-24(26)22-20-23-25/h3-4,6-7,9-10,12-13,15-16,18-19H,2,5,8,11,14,17,20-23,25H2,1H3/b4-3-,7-6-,10-9-,13-12-,16-15-,19-18-. The van der Waals surface area contributed by atoms with E-state index in [-0.39, 0.29) is 5.78 Å². The number of carbonyl (C=O) groups is 1. The molecular formula is C24H37NO. The van der Waals surface area contributed by atoms with Crippen molar-refractivity contribution in [2.45, 2.75) is 64.7 Å². The van der Waals surface area contributed by atoms with Crippen molar-refractivity contribution in [3.05, 3.63) is 72.9 Å². The zero-order chi connectivity index (χ0) is 19.1. The lowest BCUT2D eigenvalue weighted by Gasteiger charge is -1.93. The predicted octanol–water partition coefficient (Wildman–Crippen LogP) is 6.38. The van der Waals surface area contributed by atoms with Gasteiger partial charge in [0.25, 0.3) is 0 Å². The quantitative estimate of drug-likeness (QED) is 0.326. The largest absolute Gasteiger partial charge is 0.330 e. The second kappa shape index (κ2) is 21.1. The number of carbonyl (C=O) groups excluding carboxylic acids is 1. The topological polar surface area (TPSA) is 43.1 Å². The van der Waals surface area contributed by atoms with Gasteiger partial charge in [-0.05, 0) is 51.5 Å². The molecule has 0 aromatic rings. The summed E-state index contributed by atoms with van der Waals surface area (Å²) < 4.78 is 0. The Morgan fingerprint density at radius 1 is 0.654 bits per heavy atom. The summed E-state index contributed by atoms with van der Waals surface area (Å²) in [6.07, 6.45) is 33.8. The van der Waals surface area contributed by atoms with E-state index in [0.717, 1.165) is 44.9 Å². The van der Waals surface area contributed by atoms with E-state index in [1.165, 1.54) is 0 Å². The first kappa shape index (κ1) is 24.1. The molecule has 0 fully saturated rings. The molecule has 0 aromatic carbocycles. The minimum absolute atomic E-state index is 0.274. The molecule has 0 aliphatic rings. The van der Waals surface area contributed by atoms with Crippen LogP contribution in [0.25, 0.3) is 0 Å². The third kappa shape index (κ3) is 20.1. The Morgan fingerprint density at radius 2 is 1.04 bits per heavy atom. The lowest BCUT2D eigenvalue weighted by atomic mass is 10.1. The van der Waals surface area contributed by atoms with E-state index >= 15 is 0 Å². The fraction of sp³-hybridized carbons (Fsp3) is 0.458. The first-order valence-electron chi connectivity index (χ1n) is 9.93. The number of ketones is 1. The monoisotopic (exact) mass is 355 g/mol. The number of hydrogen-bond acceptors (Lipinski definition) is 2. The van der Waals surface area contributed by atoms with Crippen LogP contribution in [0.3, 0.4) is 0 Å². The molecule has 26 heavy (non-hydrogen) atoms. The van der Waals surface area contributed by atoms with Gasteiger partial charge in [0.2, 0.25) is 0 Å². The SMILES string of the molecule is CC/C=C\C/C=C\C/C=C\C/C=C\C/C=C\C/C=C\CC(=O)CCCN. The third-order valence-electron chi connectivity index (χ3n) is 3.60. The maximum atomic E-state index is 11.4. The molecule has 0 heterocycles. The van der Waals surface area contributed by atoms with E-state index in [2.05, 4.69) is 73.8 Å². The van der Waals surface area contributed by atoms with Crippen molar-refractivity contribution in [2.24, 2.45) is 5.73 Å². The summed E-state index contributed by atoms with van der Waals surface area (Å²) in [5.74, 6) is 0.274. The van der Waals surface area contributed by atoms with E-state index in [1.54, 1.807) is 0 Å². The summed E-state index contributed by atoms with van der Waals surface area (Å²) in [6, 6.07) is 0. The molecule has 0 radical (unpaired) electrons. The number of nitrogens with two attached hydrogens (primary N) is 1. The first-order chi connectivity index (χ1) is 12.8. The van der Waals surface area contributed by atoms with Crippen LogP contribution in [0.1, 0.15) is 64.7 Å². The van der Waals surface area contributed by atoms with Crippen LogP contribution in [0.2, 0.25) is 0 Å². The Balaban J connectivity index is 3.56. The van der Waals surface area contributed by atoms with Gasteiger partial charge in [-0.1, -0.05) is 79.8 Å². The highest BCUT2D eigenvalue weighted by molar-refractivity contribution is 5.79. The lowest BCUT2D eigenvalue weighted by molar-refractivity contribution is -0.118. The van der Waals surface area contributed by atoms with Gasteiger partial charge in [0.15, 0.2) is 0 Å². The fourth-order valence-electron chi connectivity index (χ4n) is 2.14. The molecule has 2 heteroatoms. The number of allylic oxidation sites excluding steroid dienone is 12. The van der Waals surface area contributed by atoms with E-state index in [4.69, 9.17) is 5.73 Å². The van der Waals surface area contributed by atoms with Crippen molar-refractivity contribution < 1.29 is 4.79 Å². The summed E-state index contributed by atoms with van der Waals surface area (Å²) in [5.41, 5.74) is 5.38. The van der Waals surface area contributed by atoms with E-state index in [0.29, 0.717) is 19.4 Å². The van der Waals surface area contributed by atoms with Gasteiger partial charge < -0.3 is 5.73 Å². The van der Waals surface area contributed by atoms with Gasteiger partial charge in [-0.25, -0.2) is 0 Å². The van der Waals surface area contributed by atoms with Crippen molar-refractivity contribution in [3.63, 3.8) is 0 Å². The average Bonchev–Trinajstić information content (AvgIpc) is 2.65. The maximum absolute atomic E-state index is 11.4. The van der Waals surface area contributed by atoms with Crippen LogP contribution < -0.4 is 5.73 Å². The molecule has 0 rings (SSSR count). The molecule has 0 amide bonds. The van der Waals surface area contributed by atoms with Crippen LogP contribution in [0.5, 0.6) is 0 Å². The number of Topliss-reactive ketones (excluding diaryl/α,β-unsaturated/α-hetero) is 1. The summed E-state index contributed by atoms with van der Waals surface area (Å²) in [4.78, 5) is 11.4. The highest BCUT2D eigenvalue weighted by atomic mass is 16.1. The zero-order valence-corrected chi connectivity index (χ0v) is 16.5. The van der Waals surface area contributed by atoms with Gasteiger partial charge in [0.05, 0.1) is 0 Å². The summed E-state index contributed by atoms with van der Waals surface area (Å²) in [6.45, 7) is 2.75. The molecule has 0 unspecified atom stereocenters. The summed E-state index contributed by atoms with van der Waals surface area (Å²) in [5, 5.41) is 0. The van der Waals surface area contributed by atoms with Crippen molar-refractivity contribution >= 4 is 5.78 Å². The van der Waals surface area contributed by atoms with Gasteiger partial charge in [-0.3, -0.25) is 4.79 Å². The van der Waals surface area contributed by atoms with E-state index in [9.17, 15) is 4.79 Å². The van der Waals surface area contributed by atoms with Gasteiger partial charge in [0.1, 0.15) is 5.78 Å². The Morgan fingerprint density at radius 3 is 1.42 bits per heavy atom. The summed E-state index contributed by atoms with van der Waals surface area (Å²) >= 11 is 0. The molecule has 0 aromatic heterocycles. The van der Waals surface area contributed by atoms with Gasteiger partial charge >= 0.3 is 0 Å². The molecule has 2 N–H and O–H groups in total.